The van der Waals surface area contributed by atoms with Gasteiger partial charge in [0.2, 0.25) is 0 Å². The van der Waals surface area contributed by atoms with Gasteiger partial charge in [0.15, 0.2) is 5.69 Å². The van der Waals surface area contributed by atoms with E-state index in [0.717, 1.165) is 0 Å². The van der Waals surface area contributed by atoms with Crippen LogP contribution in [0.3, 0.4) is 0 Å². The van der Waals surface area contributed by atoms with E-state index in [1.54, 1.807) is 28.9 Å². The second-order valence-corrected chi connectivity index (χ2v) is 13.8. The third-order valence-electron chi connectivity index (χ3n) is 7.47. The molecular formula is C26H35ClF3N3O3S. The van der Waals surface area contributed by atoms with Crippen molar-refractivity contribution in [2.45, 2.75) is 77.8 Å². The van der Waals surface area contributed by atoms with Crippen LogP contribution in [0.2, 0.25) is 5.02 Å². The van der Waals surface area contributed by atoms with E-state index in [9.17, 15) is 26.4 Å². The van der Waals surface area contributed by atoms with Crippen molar-refractivity contribution < 1.29 is 26.4 Å². The number of halogens is 4. The minimum Gasteiger partial charge on any atom is -0.350 e. The number of hydrogen-bond acceptors (Lipinski definition) is 4. The van der Waals surface area contributed by atoms with Gasteiger partial charge in [-0.15, -0.1) is 0 Å². The summed E-state index contributed by atoms with van der Waals surface area (Å²) in [5.74, 6) is -0.423. The third-order valence-corrected chi connectivity index (χ3v) is 9.51. The molecule has 11 heteroatoms. The summed E-state index contributed by atoms with van der Waals surface area (Å²) >= 11 is 6.61. The Balaban J connectivity index is 1.74. The first-order valence-electron chi connectivity index (χ1n) is 12.4. The standard InChI is InChI=1S/C26H35ClF3N3O3S/c1-6-33-22(18-9-7-17(8-10-18)15-24(2,3)26(28,29)30)20(27)21(32-33)23(34)31-16-25(4)13-11-19(12-14-25)37(5,35)36/h7-10,19H,6,11-16H2,1-5H3,(H,31,34)/t19-,25-. The molecule has 1 N–H and O–H groups in total. The van der Waals surface area contributed by atoms with Gasteiger partial charge in [-0.2, -0.15) is 18.3 Å². The Bertz CT molecular complexity index is 1230. The number of amides is 1. The van der Waals surface area contributed by atoms with Gasteiger partial charge in [-0.25, -0.2) is 8.42 Å². The molecule has 1 aromatic carbocycles. The fourth-order valence-electron chi connectivity index (χ4n) is 4.75. The lowest BCUT2D eigenvalue weighted by Gasteiger charge is -2.36. The van der Waals surface area contributed by atoms with Crippen molar-refractivity contribution in [2.75, 3.05) is 12.8 Å². The highest BCUT2D eigenvalue weighted by molar-refractivity contribution is 7.91. The molecule has 1 heterocycles. The SMILES string of the molecule is CCn1nc(C(=O)NC[C@]2(C)CC[C@@H](S(C)(=O)=O)CC2)c(Cl)c1-c1ccc(CC(C)(C)C(F)(F)F)cc1. The number of aromatic nitrogens is 2. The molecule has 2 aromatic rings. The molecule has 0 unspecified atom stereocenters. The molecule has 0 atom stereocenters. The zero-order valence-corrected chi connectivity index (χ0v) is 23.4. The van der Waals surface area contributed by atoms with E-state index >= 15 is 0 Å². The highest BCUT2D eigenvalue weighted by Gasteiger charge is 2.47. The lowest BCUT2D eigenvalue weighted by molar-refractivity contribution is -0.211. The van der Waals surface area contributed by atoms with Crippen LogP contribution >= 0.6 is 11.6 Å². The Morgan fingerprint density at radius 2 is 1.76 bits per heavy atom. The minimum atomic E-state index is -4.32. The summed E-state index contributed by atoms with van der Waals surface area (Å²) in [4.78, 5) is 13.0. The lowest BCUT2D eigenvalue weighted by atomic mass is 9.75. The maximum atomic E-state index is 13.3. The molecule has 1 aliphatic rings. The Kier molecular flexibility index (Phi) is 8.44. The van der Waals surface area contributed by atoms with Crippen molar-refractivity contribution in [3.8, 4) is 11.3 Å². The van der Waals surface area contributed by atoms with Crippen LogP contribution in [0.4, 0.5) is 13.2 Å². The number of carbonyl (C=O) groups is 1. The summed E-state index contributed by atoms with van der Waals surface area (Å²) in [5.41, 5.74) is -0.285. The molecule has 0 spiro atoms. The van der Waals surface area contributed by atoms with Crippen molar-refractivity contribution in [2.24, 2.45) is 10.8 Å². The molecule has 0 aliphatic heterocycles. The maximum Gasteiger partial charge on any atom is 0.394 e. The number of alkyl halides is 3. The Labute approximate surface area is 221 Å². The second-order valence-electron chi connectivity index (χ2n) is 11.1. The van der Waals surface area contributed by atoms with Gasteiger partial charge in [-0.05, 0) is 50.0 Å². The molecule has 37 heavy (non-hydrogen) atoms. The lowest BCUT2D eigenvalue weighted by Crippen LogP contribution is -2.40. The van der Waals surface area contributed by atoms with Crippen molar-refractivity contribution in [3.05, 3.63) is 40.5 Å². The molecule has 1 saturated carbocycles. The van der Waals surface area contributed by atoms with Gasteiger partial charge in [0.05, 0.1) is 21.4 Å². The van der Waals surface area contributed by atoms with Crippen molar-refractivity contribution in [3.63, 3.8) is 0 Å². The zero-order valence-electron chi connectivity index (χ0n) is 21.9. The molecule has 0 saturated heterocycles. The van der Waals surface area contributed by atoms with Crippen molar-refractivity contribution in [1.29, 1.82) is 0 Å². The van der Waals surface area contributed by atoms with Crippen molar-refractivity contribution in [1.82, 2.24) is 15.1 Å². The number of hydrogen-bond donors (Lipinski definition) is 1. The Morgan fingerprint density at radius 3 is 2.24 bits per heavy atom. The molecule has 1 aliphatic carbocycles. The van der Waals surface area contributed by atoms with E-state index in [-0.39, 0.29) is 27.8 Å². The fourth-order valence-corrected chi connectivity index (χ4v) is 6.17. The monoisotopic (exact) mass is 561 g/mol. The molecule has 6 nitrogen and oxygen atoms in total. The summed E-state index contributed by atoms with van der Waals surface area (Å²) in [5, 5.41) is 7.15. The van der Waals surface area contributed by atoms with E-state index in [4.69, 9.17) is 11.6 Å². The van der Waals surface area contributed by atoms with Gasteiger partial charge in [0.25, 0.3) is 5.91 Å². The van der Waals surface area contributed by atoms with E-state index in [2.05, 4.69) is 10.4 Å². The highest BCUT2D eigenvalue weighted by atomic mass is 35.5. The molecule has 1 aromatic heterocycles. The number of rotatable bonds is 8. The fraction of sp³-hybridized carbons (Fsp3) is 0.615. The number of nitrogens with one attached hydrogen (secondary N) is 1. The van der Waals surface area contributed by atoms with Crippen LogP contribution in [0.25, 0.3) is 11.3 Å². The molecule has 0 radical (unpaired) electrons. The van der Waals surface area contributed by atoms with Crippen LogP contribution in [0, 0.1) is 10.8 Å². The van der Waals surface area contributed by atoms with Crippen molar-refractivity contribution >= 4 is 27.3 Å². The van der Waals surface area contributed by atoms with Crippen LogP contribution < -0.4 is 5.32 Å². The quantitative estimate of drug-likeness (QED) is 0.424. The van der Waals surface area contributed by atoms with E-state index in [1.165, 1.54) is 20.1 Å². The number of carbonyl (C=O) groups excluding carboxylic acids is 1. The van der Waals surface area contributed by atoms with Gasteiger partial charge in [-0.3, -0.25) is 9.48 Å². The third kappa shape index (κ3) is 6.69. The molecule has 1 fully saturated rings. The number of aryl methyl sites for hydroxylation is 1. The van der Waals surface area contributed by atoms with Crippen LogP contribution in [-0.2, 0) is 22.8 Å². The predicted octanol–water partition coefficient (Wildman–Crippen LogP) is 6.08. The number of benzene rings is 1. The highest BCUT2D eigenvalue weighted by Crippen LogP contribution is 2.41. The second kappa shape index (κ2) is 10.6. The predicted molar refractivity (Wildman–Crippen MR) is 139 cm³/mol. The first kappa shape index (κ1) is 29.5. The van der Waals surface area contributed by atoms with E-state index in [1.807, 2.05) is 13.8 Å². The smallest absolute Gasteiger partial charge is 0.350 e. The molecule has 3 rings (SSSR count). The summed E-state index contributed by atoms with van der Waals surface area (Å²) in [6, 6.07) is 6.67. The van der Waals surface area contributed by atoms with Crippen LogP contribution in [-0.4, -0.2) is 48.3 Å². The van der Waals surface area contributed by atoms with Gasteiger partial charge < -0.3 is 5.32 Å². The van der Waals surface area contributed by atoms with Gasteiger partial charge in [-0.1, -0.05) is 56.6 Å². The average molecular weight is 562 g/mol. The Hall–Kier alpha value is -2.07. The van der Waals surface area contributed by atoms with E-state index in [0.29, 0.717) is 55.6 Å². The summed E-state index contributed by atoms with van der Waals surface area (Å²) in [6.45, 7) is 7.05. The van der Waals surface area contributed by atoms with Gasteiger partial charge >= 0.3 is 6.18 Å². The summed E-state index contributed by atoms with van der Waals surface area (Å²) in [6.07, 6.45) is -0.705. The van der Waals surface area contributed by atoms with Crippen LogP contribution in [0.5, 0.6) is 0 Å². The molecular weight excluding hydrogens is 527 g/mol. The molecule has 0 bridgehead atoms. The van der Waals surface area contributed by atoms with Crippen LogP contribution in [0.15, 0.2) is 24.3 Å². The molecule has 1 amide bonds. The zero-order chi connectivity index (χ0) is 27.8. The maximum absolute atomic E-state index is 13.3. The topological polar surface area (TPSA) is 81.1 Å². The summed E-state index contributed by atoms with van der Waals surface area (Å²) < 4.78 is 65.1. The van der Waals surface area contributed by atoms with Crippen LogP contribution in [0.1, 0.15) is 69.4 Å². The minimum absolute atomic E-state index is 0.0780. The van der Waals surface area contributed by atoms with E-state index < -0.39 is 27.3 Å². The largest absolute Gasteiger partial charge is 0.394 e. The number of nitrogens with zero attached hydrogens (tertiary/aromatic N) is 2. The van der Waals surface area contributed by atoms with Gasteiger partial charge in [0.1, 0.15) is 9.84 Å². The molecule has 206 valence electrons. The first-order valence-corrected chi connectivity index (χ1v) is 14.7. The van der Waals surface area contributed by atoms with Gasteiger partial charge in [0, 0.05) is 24.9 Å². The first-order chi connectivity index (χ1) is 17.0. The average Bonchev–Trinajstić information content (AvgIpc) is 3.13. The summed E-state index contributed by atoms with van der Waals surface area (Å²) in [7, 11) is -3.07. The normalized spacial score (nSPS) is 21.2. The Morgan fingerprint density at radius 1 is 1.19 bits per heavy atom. The number of sulfone groups is 1.